The highest BCUT2D eigenvalue weighted by molar-refractivity contribution is 7.99. The Morgan fingerprint density at radius 1 is 1.35 bits per heavy atom. The van der Waals surface area contributed by atoms with E-state index in [1.807, 2.05) is 18.2 Å². The van der Waals surface area contributed by atoms with Crippen molar-refractivity contribution < 1.29 is 14.3 Å². The van der Waals surface area contributed by atoms with E-state index in [0.29, 0.717) is 36.7 Å². The van der Waals surface area contributed by atoms with Crippen LogP contribution in [-0.4, -0.2) is 42.0 Å². The molecule has 6 nitrogen and oxygen atoms in total. The molecule has 0 aliphatic carbocycles. The summed E-state index contributed by atoms with van der Waals surface area (Å²) < 4.78 is 11.5. The van der Waals surface area contributed by atoms with Gasteiger partial charge < -0.3 is 14.8 Å². The minimum Gasteiger partial charge on any atom is -0.486 e. The third kappa shape index (κ3) is 5.22. The van der Waals surface area contributed by atoms with E-state index in [2.05, 4.69) is 16.4 Å². The Kier molecular flexibility index (Phi) is 6.47. The third-order valence-corrected chi connectivity index (χ3v) is 4.85. The summed E-state index contributed by atoms with van der Waals surface area (Å²) in [5.74, 6) is 0.903. The second-order valence-corrected chi connectivity index (χ2v) is 6.78. The molecule has 2 atom stereocenters. The normalized spacial score (nSPS) is 19.3. The monoisotopic (exact) mass is 369 g/mol. The number of nitriles is 1. The number of ether oxygens (including phenoxy) is 2. The molecule has 0 saturated carbocycles. The van der Waals surface area contributed by atoms with Gasteiger partial charge in [-0.3, -0.25) is 4.79 Å². The van der Waals surface area contributed by atoms with Gasteiger partial charge in [0.1, 0.15) is 11.9 Å². The van der Waals surface area contributed by atoms with E-state index in [9.17, 15) is 4.79 Å². The van der Waals surface area contributed by atoms with Gasteiger partial charge in [0, 0.05) is 12.8 Å². The number of nitrogens with one attached hydrogen (secondary N) is 1. The van der Waals surface area contributed by atoms with Crippen LogP contribution < -0.4 is 10.1 Å². The fourth-order valence-electron chi connectivity index (χ4n) is 2.60. The summed E-state index contributed by atoms with van der Waals surface area (Å²) in [5, 5.41) is 12.7. The van der Waals surface area contributed by atoms with Crippen molar-refractivity contribution in [2.45, 2.75) is 23.6 Å². The Morgan fingerprint density at radius 2 is 2.19 bits per heavy atom. The molecule has 2 aromatic rings. The van der Waals surface area contributed by atoms with Crippen LogP contribution in [0.15, 0.2) is 53.7 Å². The number of thioether (sulfide) groups is 1. The predicted molar refractivity (Wildman–Crippen MR) is 97.9 cm³/mol. The minimum absolute atomic E-state index is 0.0546. The van der Waals surface area contributed by atoms with Crippen LogP contribution >= 0.6 is 11.8 Å². The number of hydrogen-bond donors (Lipinski definition) is 1. The van der Waals surface area contributed by atoms with E-state index < -0.39 is 0 Å². The number of carbonyl (C=O) groups is 1. The maximum absolute atomic E-state index is 12.3. The lowest BCUT2D eigenvalue weighted by molar-refractivity contribution is -0.121. The zero-order valence-corrected chi connectivity index (χ0v) is 14.9. The van der Waals surface area contributed by atoms with Crippen molar-refractivity contribution in [2.24, 2.45) is 0 Å². The molecular formula is C19H19N3O3S. The average molecular weight is 369 g/mol. The van der Waals surface area contributed by atoms with Crippen molar-refractivity contribution in [1.29, 1.82) is 5.26 Å². The second kappa shape index (κ2) is 9.22. The van der Waals surface area contributed by atoms with Gasteiger partial charge in [0.25, 0.3) is 0 Å². The third-order valence-electron chi connectivity index (χ3n) is 3.91. The topological polar surface area (TPSA) is 84.2 Å². The first-order valence-corrected chi connectivity index (χ1v) is 9.31. The van der Waals surface area contributed by atoms with Gasteiger partial charge in [-0.05, 0) is 42.8 Å². The summed E-state index contributed by atoms with van der Waals surface area (Å²) >= 11 is 1.40. The first kappa shape index (κ1) is 18.2. The highest BCUT2D eigenvalue weighted by Gasteiger charge is 2.29. The van der Waals surface area contributed by atoms with Gasteiger partial charge in [-0.15, -0.1) is 0 Å². The zero-order chi connectivity index (χ0) is 18.2. The first-order valence-electron chi connectivity index (χ1n) is 8.32. The van der Waals surface area contributed by atoms with Crippen molar-refractivity contribution in [3.05, 3.63) is 54.2 Å². The molecule has 0 bridgehead atoms. The molecule has 1 aromatic carbocycles. The van der Waals surface area contributed by atoms with Crippen LogP contribution in [0.4, 0.5) is 0 Å². The lowest BCUT2D eigenvalue weighted by Crippen LogP contribution is -2.51. The molecular weight excluding hydrogens is 350 g/mol. The van der Waals surface area contributed by atoms with Crippen molar-refractivity contribution in [2.75, 3.05) is 19.0 Å². The minimum atomic E-state index is -0.263. The summed E-state index contributed by atoms with van der Waals surface area (Å²) in [7, 11) is 0. The van der Waals surface area contributed by atoms with E-state index in [4.69, 9.17) is 14.7 Å². The van der Waals surface area contributed by atoms with Crippen LogP contribution in [0.1, 0.15) is 12.0 Å². The van der Waals surface area contributed by atoms with Crippen molar-refractivity contribution in [3.8, 4) is 11.8 Å². The smallest absolute Gasteiger partial charge is 0.230 e. The van der Waals surface area contributed by atoms with Gasteiger partial charge in [0.05, 0.1) is 35.1 Å². The molecule has 1 amide bonds. The summed E-state index contributed by atoms with van der Waals surface area (Å²) in [4.78, 5) is 16.5. The fourth-order valence-corrected chi connectivity index (χ4v) is 3.27. The first-order chi connectivity index (χ1) is 12.7. The molecule has 134 valence electrons. The molecule has 3 rings (SSSR count). The maximum Gasteiger partial charge on any atom is 0.230 e. The summed E-state index contributed by atoms with van der Waals surface area (Å²) in [6.07, 6.45) is 2.14. The molecule has 2 heterocycles. The van der Waals surface area contributed by atoms with Gasteiger partial charge in [-0.2, -0.15) is 5.26 Å². The highest BCUT2D eigenvalue weighted by Crippen LogP contribution is 2.19. The Labute approximate surface area is 156 Å². The molecule has 1 saturated heterocycles. The van der Waals surface area contributed by atoms with E-state index in [0.717, 1.165) is 5.03 Å². The van der Waals surface area contributed by atoms with Gasteiger partial charge in [0.2, 0.25) is 5.91 Å². The molecule has 26 heavy (non-hydrogen) atoms. The number of hydrogen-bond acceptors (Lipinski definition) is 6. The molecule has 7 heteroatoms. The number of rotatable bonds is 6. The van der Waals surface area contributed by atoms with E-state index in [1.165, 1.54) is 11.8 Å². The fraction of sp³-hybridized carbons (Fsp3) is 0.316. The molecule has 0 unspecified atom stereocenters. The Balaban J connectivity index is 1.54. The molecule has 0 spiro atoms. The van der Waals surface area contributed by atoms with Crippen LogP contribution in [0.3, 0.4) is 0 Å². The van der Waals surface area contributed by atoms with Crippen molar-refractivity contribution >= 4 is 17.7 Å². The number of aromatic nitrogens is 1. The summed E-state index contributed by atoms with van der Waals surface area (Å²) in [5.41, 5.74) is 0.577. The lowest BCUT2D eigenvalue weighted by Gasteiger charge is -2.32. The molecule has 0 radical (unpaired) electrons. The Bertz CT molecular complexity index is 762. The lowest BCUT2D eigenvalue weighted by atomic mass is 10.1. The largest absolute Gasteiger partial charge is 0.486 e. The van der Waals surface area contributed by atoms with Gasteiger partial charge in [-0.1, -0.05) is 17.8 Å². The molecule has 1 N–H and O–H groups in total. The van der Waals surface area contributed by atoms with Gasteiger partial charge >= 0.3 is 0 Å². The second-order valence-electron chi connectivity index (χ2n) is 5.79. The van der Waals surface area contributed by atoms with Crippen molar-refractivity contribution in [1.82, 2.24) is 10.3 Å². The molecule has 1 aliphatic heterocycles. The zero-order valence-electron chi connectivity index (χ0n) is 14.1. The Hall–Kier alpha value is -2.56. The van der Waals surface area contributed by atoms with E-state index in [-0.39, 0.29) is 18.1 Å². The van der Waals surface area contributed by atoms with Crippen LogP contribution in [0, 0.1) is 11.3 Å². The number of benzene rings is 1. The summed E-state index contributed by atoms with van der Waals surface area (Å²) in [6.45, 7) is 1.00. The number of carbonyl (C=O) groups excluding carboxylic acids is 1. The van der Waals surface area contributed by atoms with Gasteiger partial charge in [-0.25, -0.2) is 4.98 Å². The maximum atomic E-state index is 12.3. The number of nitrogens with zero attached hydrogens (tertiary/aromatic N) is 2. The average Bonchev–Trinajstić information content (AvgIpc) is 2.69. The van der Waals surface area contributed by atoms with Crippen LogP contribution in [0.25, 0.3) is 0 Å². The Morgan fingerprint density at radius 3 is 2.92 bits per heavy atom. The van der Waals surface area contributed by atoms with Crippen LogP contribution in [-0.2, 0) is 9.53 Å². The van der Waals surface area contributed by atoms with E-state index >= 15 is 0 Å². The SMILES string of the molecule is N#Cc1ccc(O[C@@H]2COCC[C@H]2NC(=O)CSc2ccccn2)cc1. The number of pyridine rings is 1. The van der Waals surface area contributed by atoms with Gasteiger partial charge in [0.15, 0.2) is 0 Å². The standard InChI is InChI=1S/C19H19N3O3S/c20-11-14-4-6-15(7-5-14)25-17-12-24-10-8-16(17)22-18(23)13-26-19-3-1-2-9-21-19/h1-7,9,16-17H,8,10,12-13H2,(H,22,23)/t16-,17-/m1/s1. The summed E-state index contributed by atoms with van der Waals surface area (Å²) in [6, 6.07) is 14.5. The van der Waals surface area contributed by atoms with Crippen LogP contribution in [0.5, 0.6) is 5.75 Å². The van der Waals surface area contributed by atoms with Crippen LogP contribution in [0.2, 0.25) is 0 Å². The molecule has 1 fully saturated rings. The molecule has 1 aliphatic rings. The predicted octanol–water partition coefficient (Wildman–Crippen LogP) is 2.40. The van der Waals surface area contributed by atoms with Crippen molar-refractivity contribution in [3.63, 3.8) is 0 Å². The quantitative estimate of drug-likeness (QED) is 0.787. The number of amides is 1. The van der Waals surface area contributed by atoms with E-state index in [1.54, 1.807) is 30.5 Å². The highest BCUT2D eigenvalue weighted by atomic mass is 32.2. The molecule has 1 aromatic heterocycles.